The summed E-state index contributed by atoms with van der Waals surface area (Å²) in [4.78, 5) is 19.1. The highest BCUT2D eigenvalue weighted by Crippen LogP contribution is 2.40. The van der Waals surface area contributed by atoms with Crippen LogP contribution < -0.4 is 4.90 Å². The Labute approximate surface area is 111 Å². The molecule has 1 N–H and O–H groups in total. The molecular formula is C13H18N2O2S. The lowest BCUT2D eigenvalue weighted by atomic mass is 9.85. The van der Waals surface area contributed by atoms with E-state index < -0.39 is 5.97 Å². The van der Waals surface area contributed by atoms with E-state index in [1.165, 1.54) is 24.1 Å². The van der Waals surface area contributed by atoms with Gasteiger partial charge in [0, 0.05) is 18.5 Å². The van der Waals surface area contributed by atoms with Gasteiger partial charge in [0.15, 0.2) is 5.13 Å². The number of anilines is 1. The second-order valence-electron chi connectivity index (χ2n) is 5.41. The Morgan fingerprint density at radius 1 is 1.50 bits per heavy atom. The number of carbonyl (C=O) groups is 1. The van der Waals surface area contributed by atoms with Gasteiger partial charge in [-0.2, -0.15) is 0 Å². The zero-order valence-corrected chi connectivity index (χ0v) is 11.4. The standard InChI is InChI=1S/C13H18N2O2S/c1-15(7-8-3-2-4-8)13-14-11-9(12(16)17)5-6-10(11)18-13/h8-9H,2-7H2,1H3,(H,16,17). The zero-order chi connectivity index (χ0) is 12.7. The van der Waals surface area contributed by atoms with E-state index in [-0.39, 0.29) is 5.92 Å². The van der Waals surface area contributed by atoms with E-state index in [1.54, 1.807) is 11.3 Å². The lowest BCUT2D eigenvalue weighted by Crippen LogP contribution is -2.29. The Bertz CT molecular complexity index is 468. The van der Waals surface area contributed by atoms with Crippen molar-refractivity contribution in [1.29, 1.82) is 0 Å². The number of thiazole rings is 1. The summed E-state index contributed by atoms with van der Waals surface area (Å²) in [6, 6.07) is 0. The summed E-state index contributed by atoms with van der Waals surface area (Å²) in [5.41, 5.74) is 0.822. The van der Waals surface area contributed by atoms with Crippen molar-refractivity contribution in [2.75, 3.05) is 18.5 Å². The number of nitrogens with zero attached hydrogens (tertiary/aromatic N) is 2. The Morgan fingerprint density at radius 3 is 2.89 bits per heavy atom. The molecule has 1 aromatic heterocycles. The molecule has 1 unspecified atom stereocenters. The van der Waals surface area contributed by atoms with Crippen LogP contribution in [-0.2, 0) is 11.2 Å². The van der Waals surface area contributed by atoms with E-state index in [1.807, 2.05) is 0 Å². The molecule has 18 heavy (non-hydrogen) atoms. The molecule has 1 saturated carbocycles. The smallest absolute Gasteiger partial charge is 0.312 e. The van der Waals surface area contributed by atoms with Gasteiger partial charge in [0.1, 0.15) is 5.92 Å². The van der Waals surface area contributed by atoms with Crippen LogP contribution >= 0.6 is 11.3 Å². The molecule has 0 amide bonds. The molecule has 1 aromatic rings. The van der Waals surface area contributed by atoms with Crippen molar-refractivity contribution in [3.05, 3.63) is 10.6 Å². The van der Waals surface area contributed by atoms with Gasteiger partial charge >= 0.3 is 5.97 Å². The highest BCUT2D eigenvalue weighted by molar-refractivity contribution is 7.15. The maximum Gasteiger partial charge on any atom is 0.312 e. The van der Waals surface area contributed by atoms with E-state index in [2.05, 4.69) is 16.9 Å². The first kappa shape index (κ1) is 12.0. The number of aliphatic carboxylic acids is 1. The average molecular weight is 266 g/mol. The molecule has 1 atom stereocenters. The first-order valence-corrected chi connectivity index (χ1v) is 7.40. The summed E-state index contributed by atoms with van der Waals surface area (Å²) >= 11 is 1.68. The maximum atomic E-state index is 11.1. The van der Waals surface area contributed by atoms with Crippen LogP contribution in [0.5, 0.6) is 0 Å². The molecule has 0 spiro atoms. The van der Waals surface area contributed by atoms with Gasteiger partial charge in [-0.25, -0.2) is 4.98 Å². The fourth-order valence-electron chi connectivity index (χ4n) is 2.76. The van der Waals surface area contributed by atoms with Gasteiger partial charge in [0.05, 0.1) is 5.69 Å². The van der Waals surface area contributed by atoms with Crippen LogP contribution in [0, 0.1) is 5.92 Å². The monoisotopic (exact) mass is 266 g/mol. The van der Waals surface area contributed by atoms with Crippen molar-refractivity contribution >= 4 is 22.4 Å². The third kappa shape index (κ3) is 2.00. The van der Waals surface area contributed by atoms with E-state index in [0.717, 1.165) is 36.1 Å². The Hall–Kier alpha value is -1.10. The molecule has 98 valence electrons. The van der Waals surface area contributed by atoms with Gasteiger partial charge in [-0.3, -0.25) is 4.79 Å². The van der Waals surface area contributed by atoms with Crippen LogP contribution in [0.3, 0.4) is 0 Å². The SMILES string of the molecule is CN(CC1CCC1)c1nc2c(s1)CCC2C(=O)O. The molecule has 0 aromatic carbocycles. The summed E-state index contributed by atoms with van der Waals surface area (Å²) in [7, 11) is 2.07. The normalized spacial score (nSPS) is 22.6. The summed E-state index contributed by atoms with van der Waals surface area (Å²) in [5.74, 6) is -0.293. The Kier molecular flexibility index (Phi) is 3.01. The zero-order valence-electron chi connectivity index (χ0n) is 10.6. The second-order valence-corrected chi connectivity index (χ2v) is 6.47. The highest BCUT2D eigenvalue weighted by Gasteiger charge is 2.33. The van der Waals surface area contributed by atoms with E-state index >= 15 is 0 Å². The third-order valence-electron chi connectivity index (χ3n) is 4.09. The van der Waals surface area contributed by atoms with Crippen molar-refractivity contribution in [1.82, 2.24) is 4.98 Å². The largest absolute Gasteiger partial charge is 0.481 e. The van der Waals surface area contributed by atoms with Crippen molar-refractivity contribution in [3.8, 4) is 0 Å². The molecule has 0 saturated heterocycles. The minimum Gasteiger partial charge on any atom is -0.481 e. The first-order valence-electron chi connectivity index (χ1n) is 6.58. The van der Waals surface area contributed by atoms with Gasteiger partial charge in [-0.15, -0.1) is 11.3 Å². The topological polar surface area (TPSA) is 53.4 Å². The molecule has 2 aliphatic rings. The molecule has 5 heteroatoms. The van der Waals surface area contributed by atoms with E-state index in [4.69, 9.17) is 5.11 Å². The fourth-order valence-corrected chi connectivity index (χ4v) is 3.87. The third-order valence-corrected chi connectivity index (χ3v) is 5.33. The predicted molar refractivity (Wildman–Crippen MR) is 71.4 cm³/mol. The molecular weight excluding hydrogens is 248 g/mol. The maximum absolute atomic E-state index is 11.1. The highest BCUT2D eigenvalue weighted by atomic mass is 32.1. The molecule has 4 nitrogen and oxygen atoms in total. The second kappa shape index (κ2) is 4.53. The van der Waals surface area contributed by atoms with Crippen molar-refractivity contribution in [2.24, 2.45) is 5.92 Å². The fraction of sp³-hybridized carbons (Fsp3) is 0.692. The van der Waals surface area contributed by atoms with Crippen LogP contribution in [0.25, 0.3) is 0 Å². The van der Waals surface area contributed by atoms with Crippen LogP contribution in [0.2, 0.25) is 0 Å². The molecule has 0 bridgehead atoms. The van der Waals surface area contributed by atoms with Gasteiger partial charge in [0.25, 0.3) is 0 Å². The molecule has 1 heterocycles. The summed E-state index contributed by atoms with van der Waals surface area (Å²) < 4.78 is 0. The number of rotatable bonds is 4. The van der Waals surface area contributed by atoms with Gasteiger partial charge in [-0.1, -0.05) is 6.42 Å². The van der Waals surface area contributed by atoms with Gasteiger partial charge < -0.3 is 10.0 Å². The lowest BCUT2D eigenvalue weighted by molar-refractivity contribution is -0.138. The molecule has 1 fully saturated rings. The van der Waals surface area contributed by atoms with Crippen molar-refractivity contribution in [2.45, 2.75) is 38.0 Å². The summed E-state index contributed by atoms with van der Waals surface area (Å²) in [6.45, 7) is 1.06. The number of aromatic nitrogens is 1. The first-order chi connectivity index (χ1) is 8.65. The van der Waals surface area contributed by atoms with Crippen LogP contribution in [-0.4, -0.2) is 29.7 Å². The van der Waals surface area contributed by atoms with Crippen molar-refractivity contribution in [3.63, 3.8) is 0 Å². The number of carboxylic acids is 1. The van der Waals surface area contributed by atoms with Crippen LogP contribution in [0.1, 0.15) is 42.2 Å². The number of hydrogen-bond donors (Lipinski definition) is 1. The average Bonchev–Trinajstić information content (AvgIpc) is 2.81. The summed E-state index contributed by atoms with van der Waals surface area (Å²) in [5, 5.41) is 10.1. The predicted octanol–water partition coefficient (Wildman–Crippen LogP) is 2.49. The Morgan fingerprint density at radius 2 is 2.28 bits per heavy atom. The molecule has 3 rings (SSSR count). The number of carboxylic acid groups (broad SMARTS) is 1. The van der Waals surface area contributed by atoms with Crippen LogP contribution in [0.15, 0.2) is 0 Å². The van der Waals surface area contributed by atoms with E-state index in [9.17, 15) is 4.79 Å². The molecule has 2 aliphatic carbocycles. The Balaban J connectivity index is 1.74. The minimum absolute atomic E-state index is 0.373. The number of hydrogen-bond acceptors (Lipinski definition) is 4. The van der Waals surface area contributed by atoms with E-state index in [0.29, 0.717) is 0 Å². The van der Waals surface area contributed by atoms with Gasteiger partial charge in [-0.05, 0) is 31.6 Å². The molecule has 0 radical (unpaired) electrons. The molecule has 0 aliphatic heterocycles. The quantitative estimate of drug-likeness (QED) is 0.909. The van der Waals surface area contributed by atoms with Gasteiger partial charge in [0.2, 0.25) is 0 Å². The minimum atomic E-state index is -0.729. The summed E-state index contributed by atoms with van der Waals surface area (Å²) in [6.07, 6.45) is 5.60. The number of fused-ring (bicyclic) bond motifs is 1. The number of aryl methyl sites for hydroxylation is 1. The van der Waals surface area contributed by atoms with Crippen molar-refractivity contribution < 1.29 is 9.90 Å². The lowest BCUT2D eigenvalue weighted by Gasteiger charge is -2.29. The van der Waals surface area contributed by atoms with Crippen LogP contribution in [0.4, 0.5) is 5.13 Å².